The molecule has 4 rings (SSSR count). The van der Waals surface area contributed by atoms with Gasteiger partial charge in [0.15, 0.2) is 5.13 Å². The predicted molar refractivity (Wildman–Crippen MR) is 116 cm³/mol. The normalized spacial score (nSPS) is 16.0. The van der Waals surface area contributed by atoms with Crippen LogP contribution >= 0.6 is 11.3 Å². The molecule has 8 heteroatoms. The fourth-order valence-corrected chi connectivity index (χ4v) is 4.39. The number of amides is 2. The molecule has 7 nitrogen and oxygen atoms in total. The third kappa shape index (κ3) is 4.18. The van der Waals surface area contributed by atoms with E-state index in [1.54, 1.807) is 26.6 Å². The van der Waals surface area contributed by atoms with Crippen molar-refractivity contribution in [3.05, 3.63) is 64.8 Å². The molecule has 3 aromatic rings. The molecule has 30 heavy (non-hydrogen) atoms. The van der Waals surface area contributed by atoms with E-state index in [4.69, 9.17) is 4.74 Å². The molecule has 1 unspecified atom stereocenters. The Hall–Kier alpha value is -3.26. The van der Waals surface area contributed by atoms with Crippen LogP contribution in [0.2, 0.25) is 0 Å². The van der Waals surface area contributed by atoms with E-state index in [1.807, 2.05) is 24.3 Å². The summed E-state index contributed by atoms with van der Waals surface area (Å²) >= 11 is 1.43. The number of aromatic nitrogens is 2. The van der Waals surface area contributed by atoms with E-state index >= 15 is 0 Å². The van der Waals surface area contributed by atoms with Crippen molar-refractivity contribution in [2.45, 2.75) is 19.3 Å². The molecular weight excluding hydrogens is 400 g/mol. The standard InChI is InChI=1S/C22H22N4O3S/c1-26-18-13-23-19(29-2)11-15(18)8-9-17(21(26)28)20(27)25-22-24-12-16(30-22)10-14-6-4-3-5-7-14/h3-7,11-13,17H,8-10H2,1-2H3,(H,24,25,27). The minimum absolute atomic E-state index is 0.251. The van der Waals surface area contributed by atoms with Crippen molar-refractivity contribution in [1.29, 1.82) is 0 Å². The van der Waals surface area contributed by atoms with Crippen LogP contribution in [-0.4, -0.2) is 35.9 Å². The van der Waals surface area contributed by atoms with Crippen molar-refractivity contribution in [2.24, 2.45) is 5.92 Å². The van der Waals surface area contributed by atoms with Gasteiger partial charge in [0.05, 0.1) is 19.0 Å². The largest absolute Gasteiger partial charge is 0.481 e. The van der Waals surface area contributed by atoms with Crippen LogP contribution in [0.3, 0.4) is 0 Å². The number of thiazole rings is 1. The van der Waals surface area contributed by atoms with Crippen LogP contribution in [0, 0.1) is 5.92 Å². The SMILES string of the molecule is COc1cc2c(cn1)N(C)C(=O)C(C(=O)Nc1ncc(Cc3ccccc3)s1)CC2. The molecule has 0 saturated heterocycles. The third-order valence-corrected chi connectivity index (χ3v) is 6.08. The lowest BCUT2D eigenvalue weighted by atomic mass is 10.00. The summed E-state index contributed by atoms with van der Waals surface area (Å²) in [5.74, 6) is -0.874. The number of carbonyl (C=O) groups is 2. The smallest absolute Gasteiger partial charge is 0.239 e. The lowest BCUT2D eigenvalue weighted by Gasteiger charge is -2.20. The number of fused-ring (bicyclic) bond motifs is 1. The van der Waals surface area contributed by atoms with Crippen LogP contribution in [0.15, 0.2) is 48.8 Å². The van der Waals surface area contributed by atoms with E-state index in [0.29, 0.717) is 29.5 Å². The fourth-order valence-electron chi connectivity index (χ4n) is 3.54. The number of hydrogen-bond donors (Lipinski definition) is 1. The summed E-state index contributed by atoms with van der Waals surface area (Å²) < 4.78 is 5.18. The van der Waals surface area contributed by atoms with Gasteiger partial charge in [0, 0.05) is 30.6 Å². The zero-order chi connectivity index (χ0) is 21.1. The molecular formula is C22H22N4O3S. The third-order valence-electron chi connectivity index (χ3n) is 5.16. The van der Waals surface area contributed by atoms with E-state index in [0.717, 1.165) is 16.9 Å². The van der Waals surface area contributed by atoms with Gasteiger partial charge in [-0.1, -0.05) is 30.3 Å². The monoisotopic (exact) mass is 422 g/mol. The number of carbonyl (C=O) groups excluding carboxylic acids is 2. The van der Waals surface area contributed by atoms with Crippen molar-refractivity contribution in [2.75, 3.05) is 24.4 Å². The zero-order valence-electron chi connectivity index (χ0n) is 16.8. The Morgan fingerprint density at radius 2 is 2.07 bits per heavy atom. The maximum absolute atomic E-state index is 12.9. The molecule has 0 saturated carbocycles. The Kier molecular flexibility index (Phi) is 5.76. The van der Waals surface area contributed by atoms with Crippen LogP contribution in [-0.2, 0) is 22.4 Å². The first-order valence-electron chi connectivity index (χ1n) is 9.65. The number of benzene rings is 1. The van der Waals surface area contributed by atoms with Crippen molar-refractivity contribution in [3.8, 4) is 5.88 Å². The van der Waals surface area contributed by atoms with Crippen molar-refractivity contribution < 1.29 is 14.3 Å². The predicted octanol–water partition coefficient (Wildman–Crippen LogP) is 3.30. The maximum atomic E-state index is 12.9. The van der Waals surface area contributed by atoms with Crippen LogP contribution in [0.5, 0.6) is 5.88 Å². The van der Waals surface area contributed by atoms with Crippen LogP contribution in [0.25, 0.3) is 0 Å². The van der Waals surface area contributed by atoms with Gasteiger partial charge in [-0.05, 0) is 24.0 Å². The summed E-state index contributed by atoms with van der Waals surface area (Å²) in [6.07, 6.45) is 5.13. The highest BCUT2D eigenvalue weighted by molar-refractivity contribution is 7.15. The Morgan fingerprint density at radius 3 is 2.83 bits per heavy atom. The zero-order valence-corrected chi connectivity index (χ0v) is 17.6. The number of ether oxygens (including phenoxy) is 1. The molecule has 0 aliphatic carbocycles. The van der Waals surface area contributed by atoms with E-state index in [9.17, 15) is 9.59 Å². The summed E-state index contributed by atoms with van der Waals surface area (Å²) in [7, 11) is 3.22. The Balaban J connectivity index is 1.45. The number of methoxy groups -OCH3 is 1. The Labute approximate surface area is 178 Å². The number of pyridine rings is 1. The van der Waals surface area contributed by atoms with Crippen molar-refractivity contribution in [1.82, 2.24) is 9.97 Å². The van der Waals surface area contributed by atoms with Crippen LogP contribution in [0.1, 0.15) is 22.4 Å². The molecule has 3 heterocycles. The summed E-state index contributed by atoms with van der Waals surface area (Å²) in [5, 5.41) is 3.33. The highest BCUT2D eigenvalue weighted by atomic mass is 32.1. The first-order valence-corrected chi connectivity index (χ1v) is 10.5. The molecule has 1 atom stereocenters. The molecule has 1 aliphatic heterocycles. The second kappa shape index (κ2) is 8.62. The van der Waals surface area contributed by atoms with Gasteiger partial charge in [0.2, 0.25) is 17.7 Å². The molecule has 0 fully saturated rings. The number of aryl methyl sites for hydroxylation is 1. The molecule has 1 aliphatic rings. The van der Waals surface area contributed by atoms with Gasteiger partial charge in [-0.15, -0.1) is 11.3 Å². The molecule has 0 bridgehead atoms. The Morgan fingerprint density at radius 1 is 1.27 bits per heavy atom. The molecule has 0 radical (unpaired) electrons. The Bertz CT molecular complexity index is 1070. The van der Waals surface area contributed by atoms with Crippen molar-refractivity contribution in [3.63, 3.8) is 0 Å². The molecule has 0 spiro atoms. The fraction of sp³-hybridized carbons (Fsp3) is 0.273. The lowest BCUT2D eigenvalue weighted by molar-refractivity contribution is -0.130. The highest BCUT2D eigenvalue weighted by Gasteiger charge is 2.34. The number of nitrogens with zero attached hydrogens (tertiary/aromatic N) is 3. The summed E-state index contributed by atoms with van der Waals surface area (Å²) in [5.41, 5.74) is 2.82. The second-order valence-corrected chi connectivity index (χ2v) is 8.24. The van der Waals surface area contributed by atoms with Gasteiger partial charge in [-0.3, -0.25) is 9.59 Å². The van der Waals surface area contributed by atoms with Crippen LogP contribution < -0.4 is 15.0 Å². The molecule has 154 valence electrons. The van der Waals surface area contributed by atoms with Gasteiger partial charge in [0.25, 0.3) is 0 Å². The minimum Gasteiger partial charge on any atom is -0.481 e. The average molecular weight is 423 g/mol. The van der Waals surface area contributed by atoms with E-state index in [1.165, 1.54) is 21.8 Å². The van der Waals surface area contributed by atoms with Crippen molar-refractivity contribution >= 4 is 34.0 Å². The minimum atomic E-state index is -0.783. The average Bonchev–Trinajstić information content (AvgIpc) is 3.15. The topological polar surface area (TPSA) is 84.4 Å². The number of hydrogen-bond acceptors (Lipinski definition) is 6. The second-order valence-electron chi connectivity index (χ2n) is 7.13. The van der Waals surface area contributed by atoms with Gasteiger partial charge in [0.1, 0.15) is 5.92 Å². The lowest BCUT2D eigenvalue weighted by Crippen LogP contribution is -2.38. The van der Waals surface area contributed by atoms with Gasteiger partial charge < -0.3 is 15.0 Å². The van der Waals surface area contributed by atoms with Gasteiger partial charge in [-0.25, -0.2) is 9.97 Å². The molecule has 1 N–H and O–H groups in total. The molecule has 2 aromatic heterocycles. The summed E-state index contributed by atoms with van der Waals surface area (Å²) in [6, 6.07) is 11.9. The van der Waals surface area contributed by atoms with E-state index in [-0.39, 0.29) is 11.8 Å². The number of anilines is 2. The summed E-state index contributed by atoms with van der Waals surface area (Å²) in [4.78, 5) is 36.9. The first-order chi connectivity index (χ1) is 14.5. The maximum Gasteiger partial charge on any atom is 0.239 e. The number of rotatable bonds is 5. The van der Waals surface area contributed by atoms with E-state index in [2.05, 4.69) is 27.4 Å². The molecule has 2 amide bonds. The quantitative estimate of drug-likeness (QED) is 0.638. The van der Waals surface area contributed by atoms with Gasteiger partial charge >= 0.3 is 0 Å². The molecule has 1 aromatic carbocycles. The van der Waals surface area contributed by atoms with Gasteiger partial charge in [-0.2, -0.15) is 0 Å². The first kappa shape index (κ1) is 20.0. The number of nitrogens with one attached hydrogen (secondary N) is 1. The highest BCUT2D eigenvalue weighted by Crippen LogP contribution is 2.31. The van der Waals surface area contributed by atoms with E-state index < -0.39 is 5.92 Å². The summed E-state index contributed by atoms with van der Waals surface area (Å²) in [6.45, 7) is 0. The van der Waals surface area contributed by atoms with Crippen LogP contribution in [0.4, 0.5) is 10.8 Å².